The zero-order valence-corrected chi connectivity index (χ0v) is 23.9. The smallest absolute Gasteiger partial charge is 0.210 e. The van der Waals surface area contributed by atoms with E-state index < -0.39 is 9.84 Å². The summed E-state index contributed by atoms with van der Waals surface area (Å²) in [4.78, 5) is 9.66. The van der Waals surface area contributed by atoms with Crippen LogP contribution >= 0.6 is 0 Å². The van der Waals surface area contributed by atoms with Gasteiger partial charge in [-0.05, 0) is 57.0 Å². The van der Waals surface area contributed by atoms with Gasteiger partial charge in [0.05, 0.1) is 44.5 Å². The van der Waals surface area contributed by atoms with Crippen molar-refractivity contribution in [3.05, 3.63) is 36.5 Å². The third kappa shape index (κ3) is 5.19. The summed E-state index contributed by atoms with van der Waals surface area (Å²) in [5.41, 5.74) is 1.29. The first kappa shape index (κ1) is 27.3. The van der Waals surface area contributed by atoms with Crippen LogP contribution in [0.2, 0.25) is 0 Å². The highest BCUT2D eigenvalue weighted by molar-refractivity contribution is 7.91. The first-order valence-electron chi connectivity index (χ1n) is 13.4. The summed E-state index contributed by atoms with van der Waals surface area (Å²) in [6.07, 6.45) is 7.24. The Balaban J connectivity index is 1.61. The number of hydrogen-bond donors (Lipinski definition) is 0. The van der Waals surface area contributed by atoms with Gasteiger partial charge in [0.15, 0.2) is 23.0 Å². The van der Waals surface area contributed by atoms with Gasteiger partial charge in [-0.1, -0.05) is 6.42 Å². The lowest BCUT2D eigenvalue weighted by Crippen LogP contribution is -2.47. The highest BCUT2D eigenvalue weighted by atomic mass is 32.2. The van der Waals surface area contributed by atoms with Gasteiger partial charge in [-0.25, -0.2) is 8.42 Å². The maximum atomic E-state index is 14.2. The molecule has 2 saturated heterocycles. The third-order valence-corrected chi connectivity index (χ3v) is 9.71. The summed E-state index contributed by atoms with van der Waals surface area (Å²) in [6.45, 7) is 3.81. The summed E-state index contributed by atoms with van der Waals surface area (Å²) in [7, 11) is 2.20. The van der Waals surface area contributed by atoms with Crippen molar-refractivity contribution in [3.8, 4) is 23.0 Å². The quantitative estimate of drug-likeness (QED) is 0.397. The lowest BCUT2D eigenvalue weighted by molar-refractivity contribution is 0.141. The zero-order chi connectivity index (χ0) is 27.6. The average molecular weight is 556 g/mol. The molecule has 10 heteroatoms. The van der Waals surface area contributed by atoms with Crippen LogP contribution in [0.15, 0.2) is 46.3 Å². The Morgan fingerprint density at radius 1 is 0.769 bits per heavy atom. The average Bonchev–Trinajstić information content (AvgIpc) is 2.99. The lowest BCUT2D eigenvalue weighted by atomic mass is 9.99. The topological polar surface area (TPSA) is 90.4 Å². The lowest BCUT2D eigenvalue weighted by Gasteiger charge is -2.41. The van der Waals surface area contributed by atoms with E-state index in [1.165, 1.54) is 45.7 Å². The molecule has 3 aromatic rings. The van der Waals surface area contributed by atoms with Crippen LogP contribution in [-0.4, -0.2) is 79.0 Å². The van der Waals surface area contributed by atoms with Gasteiger partial charge in [-0.15, -0.1) is 0 Å². The Hall–Kier alpha value is -3.24. The molecule has 2 aliphatic heterocycles. The van der Waals surface area contributed by atoms with Crippen molar-refractivity contribution in [1.29, 1.82) is 0 Å². The Labute approximate surface area is 230 Å². The van der Waals surface area contributed by atoms with Gasteiger partial charge in [-0.3, -0.25) is 4.98 Å². The third-order valence-electron chi connectivity index (χ3n) is 7.95. The van der Waals surface area contributed by atoms with E-state index in [1.54, 1.807) is 32.4 Å². The normalized spacial score (nSPS) is 17.3. The van der Waals surface area contributed by atoms with Crippen molar-refractivity contribution in [2.24, 2.45) is 0 Å². The Kier molecular flexibility index (Phi) is 8.04. The fraction of sp³-hybridized carbons (Fsp3) is 0.483. The van der Waals surface area contributed by atoms with Crippen LogP contribution in [0.25, 0.3) is 10.9 Å². The van der Waals surface area contributed by atoms with Crippen LogP contribution in [0.1, 0.15) is 32.1 Å². The molecule has 0 atom stereocenters. The minimum absolute atomic E-state index is 0.117. The molecule has 0 unspecified atom stereocenters. The van der Waals surface area contributed by atoms with Crippen molar-refractivity contribution >= 4 is 26.4 Å². The molecule has 3 heterocycles. The number of aromatic nitrogens is 1. The van der Waals surface area contributed by atoms with Crippen LogP contribution in [0.5, 0.6) is 23.0 Å². The molecule has 0 bridgehead atoms. The predicted molar refractivity (Wildman–Crippen MR) is 151 cm³/mol. The maximum Gasteiger partial charge on any atom is 0.210 e. The summed E-state index contributed by atoms with van der Waals surface area (Å²) >= 11 is 0. The fourth-order valence-corrected chi connectivity index (χ4v) is 7.31. The molecule has 0 N–H and O–H groups in total. The Bertz CT molecular complexity index is 1430. The molecule has 210 valence electrons. The largest absolute Gasteiger partial charge is 0.493 e. The number of nitrogens with zero attached hydrogens (tertiary/aromatic N) is 3. The molecule has 0 saturated carbocycles. The van der Waals surface area contributed by atoms with Crippen LogP contribution in [0, 0.1) is 0 Å². The van der Waals surface area contributed by atoms with Crippen molar-refractivity contribution in [3.63, 3.8) is 0 Å². The van der Waals surface area contributed by atoms with Crippen LogP contribution in [-0.2, 0) is 9.84 Å². The molecule has 5 rings (SSSR count). The highest BCUT2D eigenvalue weighted by Crippen LogP contribution is 2.42. The van der Waals surface area contributed by atoms with E-state index in [1.807, 2.05) is 6.07 Å². The molecule has 2 aromatic carbocycles. The number of benzene rings is 2. The van der Waals surface area contributed by atoms with E-state index >= 15 is 0 Å². The van der Waals surface area contributed by atoms with Crippen LogP contribution < -0.4 is 23.8 Å². The molecular formula is C29H37N3O6S. The summed E-state index contributed by atoms with van der Waals surface area (Å²) < 4.78 is 50.2. The van der Waals surface area contributed by atoms with Gasteiger partial charge < -0.3 is 28.7 Å². The van der Waals surface area contributed by atoms with Crippen LogP contribution in [0.4, 0.5) is 5.69 Å². The van der Waals surface area contributed by atoms with E-state index in [0.29, 0.717) is 45.6 Å². The molecule has 2 fully saturated rings. The summed E-state index contributed by atoms with van der Waals surface area (Å²) in [6, 6.07) is 8.81. The first-order chi connectivity index (χ1) is 18.9. The minimum Gasteiger partial charge on any atom is -0.493 e. The fourth-order valence-electron chi connectivity index (χ4n) is 5.86. The predicted octanol–water partition coefficient (Wildman–Crippen LogP) is 4.56. The monoisotopic (exact) mass is 555 g/mol. The van der Waals surface area contributed by atoms with E-state index in [0.717, 1.165) is 39.0 Å². The molecule has 0 radical (unpaired) electrons. The van der Waals surface area contributed by atoms with Gasteiger partial charge in [0, 0.05) is 42.8 Å². The van der Waals surface area contributed by atoms with Crippen molar-refractivity contribution in [1.82, 2.24) is 9.88 Å². The number of ether oxygens (including phenoxy) is 4. The van der Waals surface area contributed by atoms with Gasteiger partial charge in [0.1, 0.15) is 4.90 Å². The second-order valence-corrected chi connectivity index (χ2v) is 11.9. The van der Waals surface area contributed by atoms with Gasteiger partial charge in [0.25, 0.3) is 0 Å². The molecule has 0 amide bonds. The standard InChI is InChI=1S/C29H37N3O6S/c1-35-24-9-8-21(16-25(24)36-2)39(33,34)28-19-30-23-18-27(38-4)26(37-3)17-22(23)29(28)32-14-10-20(11-15-32)31-12-6-5-7-13-31/h8-9,16-20H,5-7,10-15H2,1-4H3. The molecule has 1 aromatic heterocycles. The second-order valence-electron chi connectivity index (χ2n) is 10.0. The number of hydrogen-bond acceptors (Lipinski definition) is 9. The first-order valence-corrected chi connectivity index (χ1v) is 14.9. The van der Waals surface area contributed by atoms with Crippen molar-refractivity contribution in [2.75, 3.05) is 59.5 Å². The number of methoxy groups -OCH3 is 4. The van der Waals surface area contributed by atoms with Gasteiger partial charge >= 0.3 is 0 Å². The molecule has 2 aliphatic rings. The number of anilines is 1. The number of piperidine rings is 2. The van der Waals surface area contributed by atoms with E-state index in [9.17, 15) is 8.42 Å². The second kappa shape index (κ2) is 11.5. The minimum atomic E-state index is -3.96. The summed E-state index contributed by atoms with van der Waals surface area (Å²) in [5.74, 6) is 1.88. The van der Waals surface area contributed by atoms with E-state index in [4.69, 9.17) is 18.9 Å². The number of pyridine rings is 1. The molecular weight excluding hydrogens is 518 g/mol. The van der Waals surface area contributed by atoms with Crippen LogP contribution in [0.3, 0.4) is 0 Å². The molecule has 9 nitrogen and oxygen atoms in total. The number of sulfone groups is 1. The number of rotatable bonds is 8. The maximum absolute atomic E-state index is 14.2. The number of fused-ring (bicyclic) bond motifs is 1. The SMILES string of the molecule is COc1ccc(S(=O)(=O)c2cnc3cc(OC)c(OC)cc3c2N2CCC(N3CCCCC3)CC2)cc1OC. The molecule has 0 aliphatic carbocycles. The van der Waals surface area contributed by atoms with Gasteiger partial charge in [0.2, 0.25) is 9.84 Å². The number of likely N-dealkylation sites (tertiary alicyclic amines) is 1. The molecule has 39 heavy (non-hydrogen) atoms. The Morgan fingerprint density at radius 3 is 2.03 bits per heavy atom. The summed E-state index contributed by atoms with van der Waals surface area (Å²) in [5, 5.41) is 0.714. The van der Waals surface area contributed by atoms with Crippen molar-refractivity contribution in [2.45, 2.75) is 47.9 Å². The zero-order valence-electron chi connectivity index (χ0n) is 23.1. The van der Waals surface area contributed by atoms with E-state index in [2.05, 4.69) is 14.8 Å². The van der Waals surface area contributed by atoms with Gasteiger partial charge in [-0.2, -0.15) is 0 Å². The Morgan fingerprint density at radius 2 is 1.38 bits per heavy atom. The van der Waals surface area contributed by atoms with Crippen molar-refractivity contribution < 1.29 is 27.4 Å². The molecule has 0 spiro atoms. The highest BCUT2D eigenvalue weighted by Gasteiger charge is 2.32. The van der Waals surface area contributed by atoms with E-state index in [-0.39, 0.29) is 9.79 Å².